The lowest BCUT2D eigenvalue weighted by molar-refractivity contribution is -0.138. The maximum Gasteiger partial charge on any atom is 0.323 e. The van der Waals surface area contributed by atoms with Crippen LogP contribution in [-0.4, -0.2) is 34.1 Å². The maximum atomic E-state index is 12.5. The molecule has 2 N–H and O–H groups in total. The van der Waals surface area contributed by atoms with Gasteiger partial charge in [0.2, 0.25) is 0 Å². The Labute approximate surface area is 130 Å². The first-order valence-corrected chi connectivity index (χ1v) is 7.84. The molecule has 1 rings (SSSR count). The molecule has 0 aliphatic carbocycles. The van der Waals surface area contributed by atoms with Gasteiger partial charge >= 0.3 is 12.0 Å². The molecule has 0 bridgehead atoms. The summed E-state index contributed by atoms with van der Waals surface area (Å²) in [4.78, 5) is 25.9. The van der Waals surface area contributed by atoms with Crippen LogP contribution < -0.4 is 5.32 Å². The van der Waals surface area contributed by atoms with Crippen molar-refractivity contribution in [1.29, 1.82) is 0 Å². The second kappa shape index (κ2) is 6.93. The third-order valence-electron chi connectivity index (χ3n) is 3.14. The van der Waals surface area contributed by atoms with E-state index in [1.807, 2.05) is 52.1 Å². The third-order valence-corrected chi connectivity index (χ3v) is 4.10. The maximum absolute atomic E-state index is 12.5. The van der Waals surface area contributed by atoms with Crippen LogP contribution in [0.5, 0.6) is 0 Å². The van der Waals surface area contributed by atoms with Gasteiger partial charge in [-0.1, -0.05) is 19.9 Å². The van der Waals surface area contributed by atoms with Crippen molar-refractivity contribution in [3.8, 4) is 0 Å². The van der Waals surface area contributed by atoms with E-state index < -0.39 is 11.5 Å². The third kappa shape index (κ3) is 5.04. The molecular weight excluding hydrogens is 288 g/mol. The van der Waals surface area contributed by atoms with Crippen LogP contribution in [0.4, 0.5) is 4.79 Å². The number of nitrogens with one attached hydrogen (secondary N) is 1. The van der Waals surface area contributed by atoms with Crippen LogP contribution in [0.3, 0.4) is 0 Å². The second-order valence-electron chi connectivity index (χ2n) is 6.34. The number of carbonyl (C=O) groups is 2. The van der Waals surface area contributed by atoms with Crippen LogP contribution in [-0.2, 0) is 4.79 Å². The Bertz CT molecular complexity index is 478. The fraction of sp³-hybridized carbons (Fsp3) is 0.600. The first kappa shape index (κ1) is 17.5. The van der Waals surface area contributed by atoms with E-state index in [9.17, 15) is 9.59 Å². The Morgan fingerprint density at radius 1 is 1.38 bits per heavy atom. The van der Waals surface area contributed by atoms with Gasteiger partial charge in [-0.25, -0.2) is 4.79 Å². The van der Waals surface area contributed by atoms with Gasteiger partial charge in [0.15, 0.2) is 0 Å². The molecule has 0 aromatic carbocycles. The molecule has 118 valence electrons. The molecule has 2 amide bonds. The van der Waals surface area contributed by atoms with E-state index >= 15 is 0 Å². The largest absolute Gasteiger partial charge is 0.480 e. The number of aliphatic carboxylic acids is 1. The molecule has 0 saturated heterocycles. The highest BCUT2D eigenvalue weighted by atomic mass is 32.1. The molecule has 0 fully saturated rings. The molecule has 0 aliphatic heterocycles. The second-order valence-corrected chi connectivity index (χ2v) is 7.32. The first-order chi connectivity index (χ1) is 9.62. The van der Waals surface area contributed by atoms with Crippen LogP contribution in [0.15, 0.2) is 17.5 Å². The average Bonchev–Trinajstić information content (AvgIpc) is 2.84. The summed E-state index contributed by atoms with van der Waals surface area (Å²) in [6.45, 7) is 9.22. The van der Waals surface area contributed by atoms with Crippen LogP contribution in [0.1, 0.15) is 45.5 Å². The number of thiophene rings is 1. The highest BCUT2D eigenvalue weighted by Crippen LogP contribution is 2.26. The Balaban J connectivity index is 2.91. The fourth-order valence-electron chi connectivity index (χ4n) is 1.99. The van der Waals surface area contributed by atoms with Crippen molar-refractivity contribution in [3.63, 3.8) is 0 Å². The van der Waals surface area contributed by atoms with Gasteiger partial charge in [0.05, 0.1) is 6.04 Å². The summed E-state index contributed by atoms with van der Waals surface area (Å²) in [5.74, 6) is -0.795. The van der Waals surface area contributed by atoms with Gasteiger partial charge in [-0.15, -0.1) is 11.3 Å². The number of urea groups is 1. The zero-order valence-corrected chi connectivity index (χ0v) is 14.0. The standard InChI is InChI=1S/C15H24N2O3S/c1-10(2)13(11-7-6-8-21-11)16-14(20)17(9-12(18)19)15(3,4)5/h6-8,10,13H,9H2,1-5H3,(H,16,20)(H,18,19). The number of carboxylic acid groups (broad SMARTS) is 1. The number of hydrogen-bond acceptors (Lipinski definition) is 3. The van der Waals surface area contributed by atoms with Gasteiger partial charge in [0.1, 0.15) is 6.54 Å². The molecule has 1 unspecified atom stereocenters. The Morgan fingerprint density at radius 3 is 2.38 bits per heavy atom. The lowest BCUT2D eigenvalue weighted by atomic mass is 10.0. The molecule has 0 saturated carbocycles. The Kier molecular flexibility index (Phi) is 5.78. The van der Waals surface area contributed by atoms with Gasteiger partial charge in [-0.05, 0) is 38.1 Å². The molecular formula is C15H24N2O3S. The minimum Gasteiger partial charge on any atom is -0.480 e. The van der Waals surface area contributed by atoms with Gasteiger partial charge in [0, 0.05) is 10.4 Å². The lowest BCUT2D eigenvalue weighted by Gasteiger charge is -2.36. The van der Waals surface area contributed by atoms with Crippen LogP contribution >= 0.6 is 11.3 Å². The van der Waals surface area contributed by atoms with E-state index in [4.69, 9.17) is 5.11 Å². The number of amides is 2. The number of carbonyl (C=O) groups excluding carboxylic acids is 1. The van der Waals surface area contributed by atoms with Crippen molar-refractivity contribution < 1.29 is 14.7 Å². The number of rotatable bonds is 5. The van der Waals surface area contributed by atoms with Gasteiger partial charge < -0.3 is 15.3 Å². The lowest BCUT2D eigenvalue weighted by Crippen LogP contribution is -2.53. The SMILES string of the molecule is CC(C)C(NC(=O)N(CC(=O)O)C(C)(C)C)c1cccs1. The molecule has 1 aromatic rings. The quantitative estimate of drug-likeness (QED) is 0.876. The van der Waals surface area contributed by atoms with E-state index in [-0.39, 0.29) is 24.5 Å². The van der Waals surface area contributed by atoms with Crippen molar-refractivity contribution in [3.05, 3.63) is 22.4 Å². The highest BCUT2D eigenvalue weighted by molar-refractivity contribution is 7.10. The van der Waals surface area contributed by atoms with Crippen molar-refractivity contribution in [2.75, 3.05) is 6.54 Å². The van der Waals surface area contributed by atoms with Gasteiger partial charge in [0.25, 0.3) is 0 Å². The molecule has 21 heavy (non-hydrogen) atoms. The number of nitrogens with zero attached hydrogens (tertiary/aromatic N) is 1. The normalized spacial score (nSPS) is 13.0. The summed E-state index contributed by atoms with van der Waals surface area (Å²) < 4.78 is 0. The van der Waals surface area contributed by atoms with E-state index in [0.717, 1.165) is 4.88 Å². The van der Waals surface area contributed by atoms with Gasteiger partial charge in [-0.2, -0.15) is 0 Å². The summed E-state index contributed by atoms with van der Waals surface area (Å²) in [6, 6.07) is 3.46. The average molecular weight is 312 g/mol. The number of carboxylic acids is 1. The minimum absolute atomic E-state index is 0.115. The fourth-order valence-corrected chi connectivity index (χ4v) is 2.94. The van der Waals surface area contributed by atoms with Crippen molar-refractivity contribution in [2.45, 2.75) is 46.2 Å². The summed E-state index contributed by atoms with van der Waals surface area (Å²) in [6.07, 6.45) is 0. The van der Waals surface area contributed by atoms with Crippen molar-refractivity contribution in [1.82, 2.24) is 10.2 Å². The summed E-state index contributed by atoms with van der Waals surface area (Å²) in [5, 5.41) is 13.9. The van der Waals surface area contributed by atoms with E-state index in [0.29, 0.717) is 0 Å². The topological polar surface area (TPSA) is 69.6 Å². The predicted molar refractivity (Wildman–Crippen MR) is 84.5 cm³/mol. The van der Waals surface area contributed by atoms with Gasteiger partial charge in [-0.3, -0.25) is 4.79 Å². The first-order valence-electron chi connectivity index (χ1n) is 6.96. The van der Waals surface area contributed by atoms with Crippen LogP contribution in [0, 0.1) is 5.92 Å². The monoisotopic (exact) mass is 312 g/mol. The zero-order chi connectivity index (χ0) is 16.2. The van der Waals surface area contributed by atoms with E-state index in [1.54, 1.807) is 11.3 Å². The van der Waals surface area contributed by atoms with E-state index in [2.05, 4.69) is 5.32 Å². The van der Waals surface area contributed by atoms with Crippen LogP contribution in [0.25, 0.3) is 0 Å². The molecule has 1 atom stereocenters. The molecule has 5 nitrogen and oxygen atoms in total. The molecule has 1 heterocycles. The zero-order valence-electron chi connectivity index (χ0n) is 13.2. The highest BCUT2D eigenvalue weighted by Gasteiger charge is 2.30. The summed E-state index contributed by atoms with van der Waals surface area (Å²) >= 11 is 1.58. The molecule has 6 heteroatoms. The predicted octanol–water partition coefficient (Wildman–Crippen LogP) is 3.34. The molecule has 1 aromatic heterocycles. The van der Waals surface area contributed by atoms with Crippen molar-refractivity contribution >= 4 is 23.3 Å². The Hall–Kier alpha value is -1.56. The molecule has 0 radical (unpaired) electrons. The Morgan fingerprint density at radius 2 is 2.00 bits per heavy atom. The molecule has 0 spiro atoms. The summed E-state index contributed by atoms with van der Waals surface area (Å²) in [7, 11) is 0. The molecule has 0 aliphatic rings. The number of hydrogen-bond donors (Lipinski definition) is 2. The van der Waals surface area contributed by atoms with Crippen molar-refractivity contribution in [2.24, 2.45) is 5.92 Å². The van der Waals surface area contributed by atoms with E-state index in [1.165, 1.54) is 4.90 Å². The minimum atomic E-state index is -1.02. The summed E-state index contributed by atoms with van der Waals surface area (Å²) in [5.41, 5.74) is -0.556. The van der Waals surface area contributed by atoms with Crippen LogP contribution in [0.2, 0.25) is 0 Å². The smallest absolute Gasteiger partial charge is 0.323 e.